The molecule has 2 heterocycles. The highest BCUT2D eigenvalue weighted by molar-refractivity contribution is 9.10. The summed E-state index contributed by atoms with van der Waals surface area (Å²) in [6.07, 6.45) is 0. The highest BCUT2D eigenvalue weighted by Crippen LogP contribution is 2.26. The van der Waals surface area contributed by atoms with Crippen LogP contribution >= 0.6 is 27.5 Å². The van der Waals surface area contributed by atoms with Crippen LogP contribution in [0.5, 0.6) is 0 Å². The number of benzene rings is 1. The number of nitrogens with zero attached hydrogens (tertiary/aromatic N) is 4. The van der Waals surface area contributed by atoms with Gasteiger partial charge in [-0.2, -0.15) is 0 Å². The molecule has 0 aliphatic rings. The van der Waals surface area contributed by atoms with Gasteiger partial charge >= 0.3 is 0 Å². The van der Waals surface area contributed by atoms with Gasteiger partial charge in [-0.3, -0.25) is 4.40 Å². The van der Waals surface area contributed by atoms with Gasteiger partial charge in [0.15, 0.2) is 16.6 Å². The number of aromatic nitrogens is 4. The lowest BCUT2D eigenvalue weighted by Gasteiger charge is -2.07. The van der Waals surface area contributed by atoms with E-state index in [0.717, 1.165) is 27.2 Å². The molecule has 0 bridgehead atoms. The highest BCUT2D eigenvalue weighted by Gasteiger charge is 2.15. The summed E-state index contributed by atoms with van der Waals surface area (Å²) in [6, 6.07) is 7.93. The van der Waals surface area contributed by atoms with Gasteiger partial charge in [-0.05, 0) is 26.0 Å². The van der Waals surface area contributed by atoms with Crippen molar-refractivity contribution in [2.24, 2.45) is 0 Å². The fourth-order valence-corrected chi connectivity index (χ4v) is 2.64. The third-order valence-corrected chi connectivity index (χ3v) is 3.80. The van der Waals surface area contributed by atoms with Crippen molar-refractivity contribution in [3.8, 4) is 11.4 Å². The van der Waals surface area contributed by atoms with Gasteiger partial charge in [-0.15, -0.1) is 10.2 Å². The number of rotatable bonds is 1. The summed E-state index contributed by atoms with van der Waals surface area (Å²) in [4.78, 5) is 4.26. The number of hydrogen-bond donors (Lipinski definition) is 0. The quantitative estimate of drug-likeness (QED) is 0.678. The smallest absolute Gasteiger partial charge is 0.199 e. The molecule has 96 valence electrons. The topological polar surface area (TPSA) is 43.1 Å². The van der Waals surface area contributed by atoms with E-state index in [1.165, 1.54) is 0 Å². The van der Waals surface area contributed by atoms with Crippen LogP contribution in [-0.2, 0) is 0 Å². The van der Waals surface area contributed by atoms with Crippen molar-refractivity contribution in [1.29, 1.82) is 0 Å². The first-order chi connectivity index (χ1) is 9.08. The Balaban J connectivity index is 2.37. The first-order valence-corrected chi connectivity index (χ1v) is 6.89. The molecule has 0 amide bonds. The van der Waals surface area contributed by atoms with Gasteiger partial charge in [0.05, 0.1) is 5.69 Å². The molecular formula is C13H10BrClN4. The summed E-state index contributed by atoms with van der Waals surface area (Å²) in [5.41, 5.74) is 3.42. The van der Waals surface area contributed by atoms with E-state index in [9.17, 15) is 0 Å². The van der Waals surface area contributed by atoms with Crippen LogP contribution < -0.4 is 0 Å². The normalized spacial score (nSPS) is 11.2. The Morgan fingerprint density at radius 1 is 1.21 bits per heavy atom. The standard InChI is InChI=1S/C13H10BrClN4/c1-7-8(2)19-12(9-4-3-5-10(14)6-9)17-18-13(19)11(15)16-7/h3-6H,1-2H3. The largest absolute Gasteiger partial charge is 0.275 e. The summed E-state index contributed by atoms with van der Waals surface area (Å²) in [7, 11) is 0. The van der Waals surface area contributed by atoms with E-state index in [2.05, 4.69) is 31.1 Å². The molecule has 2 aromatic heterocycles. The summed E-state index contributed by atoms with van der Waals surface area (Å²) in [5, 5.41) is 8.74. The van der Waals surface area contributed by atoms with Crippen LogP contribution in [0.2, 0.25) is 5.15 Å². The zero-order chi connectivity index (χ0) is 13.6. The molecule has 3 aromatic rings. The van der Waals surface area contributed by atoms with Crippen LogP contribution in [0.3, 0.4) is 0 Å². The minimum absolute atomic E-state index is 0.372. The average Bonchev–Trinajstić information content (AvgIpc) is 2.81. The van der Waals surface area contributed by atoms with Gasteiger partial charge in [0.2, 0.25) is 0 Å². The first kappa shape index (κ1) is 12.6. The van der Waals surface area contributed by atoms with Gasteiger partial charge < -0.3 is 0 Å². The SMILES string of the molecule is Cc1nc(Cl)c2nnc(-c3cccc(Br)c3)n2c1C. The predicted molar refractivity (Wildman–Crippen MR) is 78.4 cm³/mol. The second-order valence-electron chi connectivity index (χ2n) is 4.27. The van der Waals surface area contributed by atoms with Gasteiger partial charge in [-0.25, -0.2) is 4.98 Å². The Labute approximate surface area is 123 Å². The van der Waals surface area contributed by atoms with Crippen molar-refractivity contribution >= 4 is 33.2 Å². The summed E-state index contributed by atoms with van der Waals surface area (Å²) in [6.45, 7) is 3.90. The zero-order valence-corrected chi connectivity index (χ0v) is 12.7. The third-order valence-electron chi connectivity index (χ3n) is 3.06. The Bertz CT molecular complexity index is 782. The Morgan fingerprint density at radius 2 is 2.00 bits per heavy atom. The molecule has 4 nitrogen and oxygen atoms in total. The third kappa shape index (κ3) is 2.03. The minimum Gasteiger partial charge on any atom is -0.275 e. The average molecular weight is 338 g/mol. The van der Waals surface area contributed by atoms with Gasteiger partial charge in [0.25, 0.3) is 0 Å². The van der Waals surface area contributed by atoms with Crippen molar-refractivity contribution < 1.29 is 0 Å². The van der Waals surface area contributed by atoms with E-state index in [1.807, 2.05) is 42.5 Å². The number of aryl methyl sites for hydroxylation is 2. The number of hydrogen-bond acceptors (Lipinski definition) is 3. The van der Waals surface area contributed by atoms with Gasteiger partial charge in [0.1, 0.15) is 0 Å². The maximum absolute atomic E-state index is 6.12. The lowest BCUT2D eigenvalue weighted by molar-refractivity contribution is 1.000. The predicted octanol–water partition coefficient (Wildman–Crippen LogP) is 3.82. The minimum atomic E-state index is 0.372. The van der Waals surface area contributed by atoms with Crippen LogP contribution in [0.1, 0.15) is 11.4 Å². The van der Waals surface area contributed by atoms with E-state index in [0.29, 0.717) is 10.8 Å². The fourth-order valence-electron chi connectivity index (χ4n) is 1.99. The van der Waals surface area contributed by atoms with Crippen LogP contribution in [0.25, 0.3) is 17.0 Å². The van der Waals surface area contributed by atoms with Crippen molar-refractivity contribution in [2.45, 2.75) is 13.8 Å². The molecule has 0 aliphatic heterocycles. The maximum Gasteiger partial charge on any atom is 0.199 e. The Morgan fingerprint density at radius 3 is 2.74 bits per heavy atom. The molecule has 0 saturated heterocycles. The number of fused-ring (bicyclic) bond motifs is 1. The van der Waals surface area contributed by atoms with Crippen LogP contribution in [0.15, 0.2) is 28.7 Å². The Hall–Kier alpha value is -1.46. The highest BCUT2D eigenvalue weighted by atomic mass is 79.9. The van der Waals surface area contributed by atoms with E-state index in [4.69, 9.17) is 11.6 Å². The van der Waals surface area contributed by atoms with E-state index >= 15 is 0 Å². The lowest BCUT2D eigenvalue weighted by Crippen LogP contribution is -2.00. The van der Waals surface area contributed by atoms with E-state index in [1.54, 1.807) is 0 Å². The molecule has 0 fully saturated rings. The summed E-state index contributed by atoms with van der Waals surface area (Å²) in [5.74, 6) is 0.765. The first-order valence-electron chi connectivity index (χ1n) is 5.71. The number of halogens is 2. The van der Waals surface area contributed by atoms with E-state index in [-0.39, 0.29) is 0 Å². The molecule has 0 atom stereocenters. The van der Waals surface area contributed by atoms with Crippen molar-refractivity contribution in [2.75, 3.05) is 0 Å². The lowest BCUT2D eigenvalue weighted by atomic mass is 10.2. The molecule has 0 N–H and O–H groups in total. The summed E-state index contributed by atoms with van der Waals surface area (Å²) < 4.78 is 2.93. The molecular weight excluding hydrogens is 328 g/mol. The second-order valence-corrected chi connectivity index (χ2v) is 5.54. The molecule has 0 radical (unpaired) electrons. The van der Waals surface area contributed by atoms with Crippen molar-refractivity contribution in [3.05, 3.63) is 45.3 Å². The zero-order valence-electron chi connectivity index (χ0n) is 10.4. The molecule has 0 aliphatic carbocycles. The molecule has 3 rings (SSSR count). The van der Waals surface area contributed by atoms with Crippen molar-refractivity contribution in [1.82, 2.24) is 19.6 Å². The van der Waals surface area contributed by atoms with E-state index < -0.39 is 0 Å². The van der Waals surface area contributed by atoms with Gasteiger partial charge in [-0.1, -0.05) is 39.7 Å². The molecule has 6 heteroatoms. The maximum atomic E-state index is 6.12. The molecule has 0 spiro atoms. The monoisotopic (exact) mass is 336 g/mol. The fraction of sp³-hybridized carbons (Fsp3) is 0.154. The molecule has 19 heavy (non-hydrogen) atoms. The molecule has 0 saturated carbocycles. The molecule has 1 aromatic carbocycles. The second kappa shape index (κ2) is 4.58. The Kier molecular flexibility index (Phi) is 3.03. The van der Waals surface area contributed by atoms with Crippen LogP contribution in [0, 0.1) is 13.8 Å². The van der Waals surface area contributed by atoms with Crippen molar-refractivity contribution in [3.63, 3.8) is 0 Å². The summed E-state index contributed by atoms with van der Waals surface area (Å²) >= 11 is 9.59. The molecule has 0 unspecified atom stereocenters. The van der Waals surface area contributed by atoms with Crippen LogP contribution in [-0.4, -0.2) is 19.6 Å². The van der Waals surface area contributed by atoms with Gasteiger partial charge in [0, 0.05) is 15.7 Å². The van der Waals surface area contributed by atoms with Crippen LogP contribution in [0.4, 0.5) is 0 Å².